The van der Waals surface area contributed by atoms with Crippen LogP contribution in [0, 0.1) is 6.92 Å². The molecule has 122 valence electrons. The van der Waals surface area contributed by atoms with Crippen molar-refractivity contribution in [2.75, 3.05) is 6.61 Å². The standard InChI is InChI=1S/C16H18ClN3O3/c1-8-5-20(15-11(8)14(17)18-7-19-15)10-4-9(6-21)12-13(10)23-16(2,3)22-12/h4-5,7,10,12-13,21H,6H2,1-3H3/t10-,12-,13+/m1/s1. The Hall–Kier alpha value is -1.47. The van der Waals surface area contributed by atoms with Gasteiger partial charge < -0.3 is 19.1 Å². The third kappa shape index (κ3) is 2.21. The van der Waals surface area contributed by atoms with E-state index in [-0.39, 0.29) is 24.9 Å². The summed E-state index contributed by atoms with van der Waals surface area (Å²) in [4.78, 5) is 8.45. The average molecular weight is 336 g/mol. The summed E-state index contributed by atoms with van der Waals surface area (Å²) in [5.41, 5.74) is 2.60. The van der Waals surface area contributed by atoms with Crippen molar-refractivity contribution >= 4 is 22.6 Å². The summed E-state index contributed by atoms with van der Waals surface area (Å²) >= 11 is 6.22. The number of fused-ring (bicyclic) bond motifs is 2. The Morgan fingerprint density at radius 3 is 2.87 bits per heavy atom. The Balaban J connectivity index is 1.85. The highest BCUT2D eigenvalue weighted by Gasteiger charge is 2.50. The minimum absolute atomic E-state index is 0.0506. The molecule has 23 heavy (non-hydrogen) atoms. The monoisotopic (exact) mass is 335 g/mol. The van der Waals surface area contributed by atoms with E-state index in [1.54, 1.807) is 0 Å². The van der Waals surface area contributed by atoms with Crippen molar-refractivity contribution in [1.29, 1.82) is 0 Å². The molecule has 0 radical (unpaired) electrons. The fraction of sp³-hybridized carbons (Fsp3) is 0.500. The zero-order chi connectivity index (χ0) is 16.4. The molecule has 1 aliphatic carbocycles. The number of aryl methyl sites for hydroxylation is 1. The zero-order valence-corrected chi connectivity index (χ0v) is 13.9. The van der Waals surface area contributed by atoms with E-state index in [1.165, 1.54) is 6.33 Å². The first kappa shape index (κ1) is 15.1. The molecule has 6 nitrogen and oxygen atoms in total. The third-order valence-corrected chi connectivity index (χ3v) is 4.76. The molecule has 2 aromatic rings. The van der Waals surface area contributed by atoms with Crippen LogP contribution in [0.4, 0.5) is 0 Å². The van der Waals surface area contributed by atoms with Crippen LogP contribution in [0.25, 0.3) is 11.0 Å². The van der Waals surface area contributed by atoms with Crippen molar-refractivity contribution in [3.8, 4) is 0 Å². The van der Waals surface area contributed by atoms with Gasteiger partial charge in [-0.15, -0.1) is 0 Å². The molecule has 0 saturated carbocycles. The molecule has 3 heterocycles. The predicted molar refractivity (Wildman–Crippen MR) is 85.3 cm³/mol. The Morgan fingerprint density at radius 2 is 2.13 bits per heavy atom. The van der Waals surface area contributed by atoms with Crippen LogP contribution >= 0.6 is 11.6 Å². The molecular weight excluding hydrogens is 318 g/mol. The maximum absolute atomic E-state index is 9.65. The van der Waals surface area contributed by atoms with E-state index in [9.17, 15) is 5.11 Å². The van der Waals surface area contributed by atoms with Gasteiger partial charge in [-0.05, 0) is 31.9 Å². The van der Waals surface area contributed by atoms with E-state index in [4.69, 9.17) is 21.1 Å². The van der Waals surface area contributed by atoms with Crippen LogP contribution in [0.15, 0.2) is 24.2 Å². The Kier molecular flexibility index (Phi) is 3.29. The number of halogens is 1. The van der Waals surface area contributed by atoms with Crippen LogP contribution in [-0.2, 0) is 9.47 Å². The number of rotatable bonds is 2. The number of nitrogens with zero attached hydrogens (tertiary/aromatic N) is 3. The van der Waals surface area contributed by atoms with Gasteiger partial charge in [0, 0.05) is 6.20 Å². The highest BCUT2D eigenvalue weighted by atomic mass is 35.5. The van der Waals surface area contributed by atoms with Crippen LogP contribution in [-0.4, -0.2) is 44.2 Å². The molecule has 4 rings (SSSR count). The van der Waals surface area contributed by atoms with E-state index in [1.807, 2.05) is 37.6 Å². The van der Waals surface area contributed by atoms with Gasteiger partial charge in [-0.2, -0.15) is 0 Å². The summed E-state index contributed by atoms with van der Waals surface area (Å²) in [5.74, 6) is -0.674. The van der Waals surface area contributed by atoms with Crippen LogP contribution in [0.3, 0.4) is 0 Å². The minimum Gasteiger partial charge on any atom is -0.392 e. The SMILES string of the molecule is Cc1cn([C@@H]2C=C(CO)[C@H]3OC(C)(C)O[C@H]32)c2ncnc(Cl)c12. The van der Waals surface area contributed by atoms with Gasteiger partial charge in [0.15, 0.2) is 5.79 Å². The normalized spacial score (nSPS) is 29.1. The van der Waals surface area contributed by atoms with Gasteiger partial charge in [0.25, 0.3) is 0 Å². The lowest BCUT2D eigenvalue weighted by atomic mass is 10.1. The van der Waals surface area contributed by atoms with Crippen LogP contribution in [0.2, 0.25) is 5.15 Å². The largest absolute Gasteiger partial charge is 0.392 e. The first-order valence-electron chi connectivity index (χ1n) is 7.56. The fourth-order valence-corrected chi connectivity index (χ4v) is 3.85. The molecule has 0 spiro atoms. The molecule has 0 aromatic carbocycles. The molecule has 7 heteroatoms. The second-order valence-electron chi connectivity index (χ2n) is 6.49. The number of aromatic nitrogens is 3. The Labute approximate surface area is 138 Å². The second kappa shape index (κ2) is 5.01. The lowest BCUT2D eigenvalue weighted by Crippen LogP contribution is -2.28. The summed E-state index contributed by atoms with van der Waals surface area (Å²) in [6.45, 7) is 5.70. The quantitative estimate of drug-likeness (QED) is 0.674. The van der Waals surface area contributed by atoms with Crippen LogP contribution in [0.5, 0.6) is 0 Å². The van der Waals surface area contributed by atoms with Gasteiger partial charge in [-0.1, -0.05) is 17.7 Å². The molecule has 1 fully saturated rings. The molecule has 0 bridgehead atoms. The molecule has 1 N–H and O–H groups in total. The molecule has 2 aliphatic rings. The topological polar surface area (TPSA) is 69.4 Å². The number of hydrogen-bond acceptors (Lipinski definition) is 5. The summed E-state index contributed by atoms with van der Waals surface area (Å²) in [6.07, 6.45) is 5.02. The first-order chi connectivity index (χ1) is 10.9. The minimum atomic E-state index is -0.674. The summed E-state index contributed by atoms with van der Waals surface area (Å²) < 4.78 is 14.1. The number of hydrogen-bond donors (Lipinski definition) is 1. The van der Waals surface area contributed by atoms with E-state index in [0.29, 0.717) is 5.15 Å². The van der Waals surface area contributed by atoms with Crippen molar-refractivity contribution in [2.45, 2.75) is 44.8 Å². The summed E-state index contributed by atoms with van der Waals surface area (Å²) in [5, 5.41) is 10.9. The maximum atomic E-state index is 9.65. The summed E-state index contributed by atoms with van der Waals surface area (Å²) in [6, 6.07) is -0.105. The van der Waals surface area contributed by atoms with Gasteiger partial charge in [-0.3, -0.25) is 0 Å². The van der Waals surface area contributed by atoms with Crippen molar-refractivity contribution in [2.24, 2.45) is 0 Å². The molecule has 1 saturated heterocycles. The van der Waals surface area contributed by atoms with Crippen LogP contribution < -0.4 is 0 Å². The Bertz CT molecular complexity index is 814. The lowest BCUT2D eigenvalue weighted by Gasteiger charge is -2.22. The third-order valence-electron chi connectivity index (χ3n) is 4.47. The summed E-state index contributed by atoms with van der Waals surface area (Å²) in [7, 11) is 0. The number of aliphatic hydroxyl groups excluding tert-OH is 1. The molecule has 0 unspecified atom stereocenters. The van der Waals surface area contributed by atoms with E-state index in [2.05, 4.69) is 9.97 Å². The molecule has 2 aromatic heterocycles. The van der Waals surface area contributed by atoms with Gasteiger partial charge >= 0.3 is 0 Å². The van der Waals surface area contributed by atoms with Crippen LogP contribution in [0.1, 0.15) is 25.5 Å². The molecule has 0 amide bonds. The van der Waals surface area contributed by atoms with E-state index >= 15 is 0 Å². The van der Waals surface area contributed by atoms with Gasteiger partial charge in [0.2, 0.25) is 0 Å². The Morgan fingerprint density at radius 1 is 1.35 bits per heavy atom. The van der Waals surface area contributed by atoms with Gasteiger partial charge in [0.1, 0.15) is 29.3 Å². The highest BCUT2D eigenvalue weighted by molar-refractivity contribution is 6.34. The fourth-order valence-electron chi connectivity index (χ4n) is 3.57. The smallest absolute Gasteiger partial charge is 0.164 e. The second-order valence-corrected chi connectivity index (χ2v) is 6.85. The highest BCUT2D eigenvalue weighted by Crippen LogP contribution is 2.44. The van der Waals surface area contributed by atoms with E-state index < -0.39 is 5.79 Å². The van der Waals surface area contributed by atoms with Crippen molar-refractivity contribution < 1.29 is 14.6 Å². The van der Waals surface area contributed by atoms with Crippen molar-refractivity contribution in [1.82, 2.24) is 14.5 Å². The predicted octanol–water partition coefficient (Wildman–Crippen LogP) is 2.39. The first-order valence-corrected chi connectivity index (χ1v) is 7.94. The number of aliphatic hydroxyl groups is 1. The van der Waals surface area contributed by atoms with E-state index in [0.717, 1.165) is 22.2 Å². The molecular formula is C16H18ClN3O3. The van der Waals surface area contributed by atoms with Gasteiger partial charge in [0.05, 0.1) is 18.0 Å². The lowest BCUT2D eigenvalue weighted by molar-refractivity contribution is -0.148. The maximum Gasteiger partial charge on any atom is 0.164 e. The molecule has 3 atom stereocenters. The zero-order valence-electron chi connectivity index (χ0n) is 13.2. The van der Waals surface area contributed by atoms with Crippen molar-refractivity contribution in [3.63, 3.8) is 0 Å². The molecule has 1 aliphatic heterocycles. The van der Waals surface area contributed by atoms with Gasteiger partial charge in [-0.25, -0.2) is 9.97 Å². The van der Waals surface area contributed by atoms with Crippen molar-refractivity contribution in [3.05, 3.63) is 34.9 Å². The number of ether oxygens (including phenoxy) is 2. The average Bonchev–Trinajstić information content (AvgIpc) is 3.08.